The molecule has 38 heavy (non-hydrogen) atoms. The van der Waals surface area contributed by atoms with Crippen LogP contribution in [0, 0.1) is 12.8 Å². The molecule has 0 bridgehead atoms. The van der Waals surface area contributed by atoms with Crippen molar-refractivity contribution in [1.82, 2.24) is 35.5 Å². The van der Waals surface area contributed by atoms with Gasteiger partial charge in [-0.05, 0) is 31.2 Å². The number of hydrogen-bond acceptors (Lipinski definition) is 7. The first-order valence-electron chi connectivity index (χ1n) is 13.1. The van der Waals surface area contributed by atoms with Crippen molar-refractivity contribution in [2.24, 2.45) is 5.92 Å². The van der Waals surface area contributed by atoms with Gasteiger partial charge in [-0.25, -0.2) is 9.67 Å². The number of benzene rings is 1. The lowest BCUT2D eigenvalue weighted by atomic mass is 9.97. The highest BCUT2D eigenvalue weighted by atomic mass is 16.5. The molecule has 3 atom stereocenters. The molecule has 0 aliphatic carbocycles. The molecule has 0 spiro atoms. The molecule has 3 heterocycles. The summed E-state index contributed by atoms with van der Waals surface area (Å²) in [7, 11) is 0. The maximum absolute atomic E-state index is 13.6. The van der Waals surface area contributed by atoms with Gasteiger partial charge >= 0.3 is 0 Å². The highest BCUT2D eigenvalue weighted by molar-refractivity contribution is 5.91. The maximum Gasteiger partial charge on any atom is 0.292 e. The third-order valence-corrected chi connectivity index (χ3v) is 6.88. The van der Waals surface area contributed by atoms with Gasteiger partial charge in [0.25, 0.3) is 5.91 Å². The Bertz CT molecular complexity index is 1230. The van der Waals surface area contributed by atoms with E-state index in [4.69, 9.17) is 4.52 Å². The van der Waals surface area contributed by atoms with Gasteiger partial charge in [0.05, 0.1) is 18.8 Å². The minimum absolute atomic E-state index is 0.0756. The number of rotatable bonds is 5. The summed E-state index contributed by atoms with van der Waals surface area (Å²) in [5, 5.41) is 14.3. The summed E-state index contributed by atoms with van der Waals surface area (Å²) >= 11 is 0. The number of hydrogen-bond donors (Lipinski definition) is 2. The Morgan fingerprint density at radius 2 is 1.92 bits per heavy atom. The number of fused-ring (bicyclic) bond motifs is 1. The van der Waals surface area contributed by atoms with E-state index in [-0.39, 0.29) is 35.8 Å². The summed E-state index contributed by atoms with van der Waals surface area (Å²) in [5.74, 6) is 0.438. The van der Waals surface area contributed by atoms with Crippen LogP contribution in [0.2, 0.25) is 0 Å². The molecule has 202 valence electrons. The summed E-state index contributed by atoms with van der Waals surface area (Å²) in [6.07, 6.45) is 3.25. The number of amides is 3. The zero-order valence-electron chi connectivity index (χ0n) is 22.1. The molecule has 2 N–H and O–H groups in total. The molecule has 1 aliphatic rings. The molecule has 0 radical (unpaired) electrons. The van der Waals surface area contributed by atoms with E-state index >= 15 is 0 Å². The molecular formula is C27H35N7O4. The minimum Gasteiger partial charge on any atom is -0.351 e. The lowest BCUT2D eigenvalue weighted by Crippen LogP contribution is -2.51. The Morgan fingerprint density at radius 3 is 2.63 bits per heavy atom. The van der Waals surface area contributed by atoms with Crippen LogP contribution in [0.4, 0.5) is 0 Å². The van der Waals surface area contributed by atoms with E-state index in [1.54, 1.807) is 16.5 Å². The lowest BCUT2D eigenvalue weighted by molar-refractivity contribution is -0.130. The van der Waals surface area contributed by atoms with Gasteiger partial charge < -0.3 is 20.1 Å². The second-order valence-corrected chi connectivity index (χ2v) is 9.69. The topological polar surface area (TPSA) is 135 Å². The van der Waals surface area contributed by atoms with Crippen molar-refractivity contribution in [3.8, 4) is 0 Å². The Morgan fingerprint density at radius 1 is 1.13 bits per heavy atom. The average molecular weight is 522 g/mol. The number of nitrogens with one attached hydrogen (secondary N) is 2. The standard InChI is InChI=1S/C27H35N7O4/c1-4-18(2)24-26(36)30-21(17-20-9-6-5-7-10-20)25-29-19(3)32-34(25)16-15-33(14-8-11-23(35)31-24)27(37)22-12-13-28-38-22/h5-7,9-10,12-13,18,21,24H,4,8,11,14-17H2,1-3H3,(H,30,36)(H,31,35)/t18-,21-,24-/m0/s1. The molecule has 0 fully saturated rings. The third kappa shape index (κ3) is 6.64. The lowest BCUT2D eigenvalue weighted by Gasteiger charge is -2.28. The molecule has 0 saturated heterocycles. The van der Waals surface area contributed by atoms with E-state index in [9.17, 15) is 14.4 Å². The van der Waals surface area contributed by atoms with Crippen LogP contribution >= 0.6 is 0 Å². The van der Waals surface area contributed by atoms with Crippen molar-refractivity contribution in [1.29, 1.82) is 0 Å². The molecule has 0 saturated carbocycles. The quantitative estimate of drug-likeness (QED) is 0.526. The second-order valence-electron chi connectivity index (χ2n) is 9.69. The number of carbonyl (C=O) groups excluding carboxylic acids is 3. The van der Waals surface area contributed by atoms with Gasteiger partial charge in [0.1, 0.15) is 17.7 Å². The van der Waals surface area contributed by atoms with Crippen molar-refractivity contribution < 1.29 is 18.9 Å². The van der Waals surface area contributed by atoms with E-state index in [1.807, 2.05) is 44.2 Å². The fourth-order valence-corrected chi connectivity index (χ4v) is 4.60. The molecule has 1 aromatic carbocycles. The van der Waals surface area contributed by atoms with Gasteiger partial charge in [-0.3, -0.25) is 14.4 Å². The van der Waals surface area contributed by atoms with Crippen LogP contribution in [0.25, 0.3) is 0 Å². The molecule has 2 aromatic heterocycles. The van der Waals surface area contributed by atoms with Crippen LogP contribution in [0.3, 0.4) is 0 Å². The van der Waals surface area contributed by atoms with Crippen molar-refractivity contribution in [3.63, 3.8) is 0 Å². The molecule has 4 rings (SSSR count). The van der Waals surface area contributed by atoms with Crippen molar-refractivity contribution in [2.75, 3.05) is 13.1 Å². The minimum atomic E-state index is -0.696. The first-order valence-corrected chi connectivity index (χ1v) is 13.1. The Labute approximate surface area is 222 Å². The van der Waals surface area contributed by atoms with Gasteiger partial charge in [0, 0.05) is 25.6 Å². The highest BCUT2D eigenvalue weighted by Crippen LogP contribution is 2.20. The van der Waals surface area contributed by atoms with E-state index in [2.05, 4.69) is 25.9 Å². The van der Waals surface area contributed by atoms with E-state index in [0.717, 1.165) is 12.0 Å². The summed E-state index contributed by atoms with van der Waals surface area (Å²) in [6, 6.07) is 10.2. The SMILES string of the molecule is CC[C@H](C)[C@@H]1NC(=O)CCCN(C(=O)c2ccno2)CCn2nc(C)nc2[C@H](Cc2ccccc2)NC1=O. The van der Waals surface area contributed by atoms with Crippen molar-refractivity contribution >= 4 is 17.7 Å². The van der Waals surface area contributed by atoms with Gasteiger partial charge in [-0.1, -0.05) is 55.8 Å². The molecule has 3 aromatic rings. The average Bonchev–Trinajstić information content (AvgIpc) is 3.58. The van der Waals surface area contributed by atoms with Crippen LogP contribution in [0.5, 0.6) is 0 Å². The largest absolute Gasteiger partial charge is 0.351 e. The van der Waals surface area contributed by atoms with E-state index in [1.165, 1.54) is 12.3 Å². The summed E-state index contributed by atoms with van der Waals surface area (Å²) in [6.45, 7) is 6.75. The molecule has 11 heteroatoms. The van der Waals surface area contributed by atoms with Crippen molar-refractivity contribution in [3.05, 3.63) is 65.6 Å². The Kier molecular flexibility index (Phi) is 8.88. The zero-order chi connectivity index (χ0) is 27.1. The van der Waals surface area contributed by atoms with Crippen LogP contribution < -0.4 is 10.6 Å². The summed E-state index contributed by atoms with van der Waals surface area (Å²) in [5.41, 5.74) is 1.03. The van der Waals surface area contributed by atoms with Crippen LogP contribution in [0.15, 0.2) is 47.1 Å². The van der Waals surface area contributed by atoms with Crippen LogP contribution in [-0.2, 0) is 22.6 Å². The van der Waals surface area contributed by atoms with Gasteiger partial charge in [-0.2, -0.15) is 5.10 Å². The summed E-state index contributed by atoms with van der Waals surface area (Å²) < 4.78 is 6.85. The predicted molar refractivity (Wildman–Crippen MR) is 139 cm³/mol. The Balaban J connectivity index is 1.70. The van der Waals surface area contributed by atoms with Crippen LogP contribution in [-0.4, -0.2) is 61.7 Å². The third-order valence-electron chi connectivity index (χ3n) is 6.88. The van der Waals surface area contributed by atoms with Gasteiger partial charge in [-0.15, -0.1) is 0 Å². The summed E-state index contributed by atoms with van der Waals surface area (Å²) in [4.78, 5) is 45.9. The van der Waals surface area contributed by atoms with Gasteiger partial charge in [0.15, 0.2) is 0 Å². The number of carbonyl (C=O) groups is 3. The molecular weight excluding hydrogens is 486 g/mol. The van der Waals surface area contributed by atoms with Crippen molar-refractivity contribution in [2.45, 2.75) is 65.1 Å². The van der Waals surface area contributed by atoms with E-state index in [0.29, 0.717) is 44.1 Å². The fourth-order valence-electron chi connectivity index (χ4n) is 4.60. The fraction of sp³-hybridized carbons (Fsp3) is 0.481. The molecule has 11 nitrogen and oxygen atoms in total. The molecule has 1 aliphatic heterocycles. The second kappa shape index (κ2) is 12.5. The van der Waals surface area contributed by atoms with Gasteiger partial charge in [0.2, 0.25) is 17.6 Å². The Hall–Kier alpha value is -4.02. The molecule has 3 amide bonds. The normalized spacial score (nSPS) is 20.1. The first-order chi connectivity index (χ1) is 18.4. The number of aromatic nitrogens is 4. The highest BCUT2D eigenvalue weighted by Gasteiger charge is 2.31. The van der Waals surface area contributed by atoms with Crippen LogP contribution in [0.1, 0.15) is 66.9 Å². The molecule has 0 unspecified atom stereocenters. The monoisotopic (exact) mass is 521 g/mol. The maximum atomic E-state index is 13.6. The smallest absolute Gasteiger partial charge is 0.292 e. The first kappa shape index (κ1) is 27.0. The predicted octanol–water partition coefficient (Wildman–Crippen LogP) is 2.44. The number of aryl methyl sites for hydroxylation is 1. The van der Waals surface area contributed by atoms with E-state index < -0.39 is 12.1 Å². The zero-order valence-corrected chi connectivity index (χ0v) is 22.1. The number of nitrogens with zero attached hydrogens (tertiary/aromatic N) is 5.